The number of fused-ring (bicyclic) bond motifs is 1. The Kier molecular flexibility index (Phi) is 5.58. The summed E-state index contributed by atoms with van der Waals surface area (Å²) in [7, 11) is 0. The summed E-state index contributed by atoms with van der Waals surface area (Å²) in [5, 5.41) is 12.4. The molecule has 1 amide bonds. The van der Waals surface area contributed by atoms with Crippen LogP contribution in [0.1, 0.15) is 5.56 Å². The van der Waals surface area contributed by atoms with Crippen molar-refractivity contribution in [1.29, 1.82) is 0 Å². The Morgan fingerprint density at radius 1 is 1.16 bits per heavy atom. The first kappa shape index (κ1) is 16.9. The number of ether oxygens (including phenoxy) is 4. The van der Waals surface area contributed by atoms with E-state index in [0.717, 1.165) is 5.56 Å². The Labute approximate surface area is 145 Å². The fourth-order valence-corrected chi connectivity index (χ4v) is 2.19. The second kappa shape index (κ2) is 8.25. The van der Waals surface area contributed by atoms with Gasteiger partial charge in [0, 0.05) is 6.07 Å². The number of carbonyl (C=O) groups excluding carboxylic acids is 1. The monoisotopic (exact) mass is 345 g/mol. The van der Waals surface area contributed by atoms with E-state index >= 15 is 0 Å². The molecule has 1 aliphatic rings. The molecule has 1 heterocycles. The maximum Gasteiger partial charge on any atom is 0.407 e. The lowest BCUT2D eigenvalue weighted by Gasteiger charge is -2.13. The number of hydrogen-bond acceptors (Lipinski definition) is 6. The van der Waals surface area contributed by atoms with Crippen molar-refractivity contribution in [3.05, 3.63) is 54.1 Å². The molecule has 0 radical (unpaired) electrons. The van der Waals surface area contributed by atoms with Gasteiger partial charge in [-0.1, -0.05) is 30.3 Å². The van der Waals surface area contributed by atoms with Crippen LogP contribution in [0, 0.1) is 0 Å². The smallest absolute Gasteiger partial charge is 0.407 e. The number of carbonyl (C=O) groups is 1. The molecule has 1 unspecified atom stereocenters. The molecular weight excluding hydrogens is 326 g/mol. The molecule has 7 heteroatoms. The molecule has 2 aromatic rings. The Morgan fingerprint density at radius 3 is 2.80 bits per heavy atom. The molecule has 25 heavy (non-hydrogen) atoms. The molecule has 2 aromatic carbocycles. The lowest BCUT2D eigenvalue weighted by molar-refractivity contribution is 0.0964. The Hall–Kier alpha value is -2.93. The van der Waals surface area contributed by atoms with Gasteiger partial charge in [-0.25, -0.2) is 4.79 Å². The van der Waals surface area contributed by atoms with Gasteiger partial charge >= 0.3 is 6.09 Å². The molecule has 0 spiro atoms. The van der Waals surface area contributed by atoms with E-state index in [2.05, 4.69) is 5.32 Å². The minimum atomic E-state index is -0.866. The van der Waals surface area contributed by atoms with Gasteiger partial charge in [0.05, 0.1) is 6.54 Å². The third kappa shape index (κ3) is 5.02. The highest BCUT2D eigenvalue weighted by atomic mass is 16.7. The predicted molar refractivity (Wildman–Crippen MR) is 88.7 cm³/mol. The quantitative estimate of drug-likeness (QED) is 0.799. The molecular formula is C18H19NO6. The first-order valence-corrected chi connectivity index (χ1v) is 7.86. The highest BCUT2D eigenvalue weighted by molar-refractivity contribution is 5.67. The lowest BCUT2D eigenvalue weighted by Crippen LogP contribution is -2.35. The van der Waals surface area contributed by atoms with E-state index in [-0.39, 0.29) is 26.6 Å². The number of hydrogen-bond donors (Lipinski definition) is 2. The van der Waals surface area contributed by atoms with Crippen molar-refractivity contribution in [3.63, 3.8) is 0 Å². The molecule has 0 saturated heterocycles. The van der Waals surface area contributed by atoms with Crippen LogP contribution >= 0.6 is 0 Å². The van der Waals surface area contributed by atoms with E-state index in [9.17, 15) is 9.90 Å². The van der Waals surface area contributed by atoms with Crippen LogP contribution in [0.4, 0.5) is 4.79 Å². The first-order valence-electron chi connectivity index (χ1n) is 7.86. The molecule has 1 atom stereocenters. The standard InChI is InChI=1S/C18H19NO6/c20-14(9-19-18(21)23-10-13-4-2-1-3-5-13)11-22-15-6-7-16-17(8-15)25-12-24-16/h1-8,14,20H,9-12H2,(H,19,21). The van der Waals surface area contributed by atoms with Crippen LogP contribution < -0.4 is 19.5 Å². The number of aliphatic hydroxyl groups is 1. The fourth-order valence-electron chi connectivity index (χ4n) is 2.19. The van der Waals surface area contributed by atoms with Crippen molar-refractivity contribution in [2.75, 3.05) is 19.9 Å². The van der Waals surface area contributed by atoms with Crippen LogP contribution in [0.15, 0.2) is 48.5 Å². The van der Waals surface area contributed by atoms with Gasteiger partial charge in [0.1, 0.15) is 25.1 Å². The molecule has 0 saturated carbocycles. The van der Waals surface area contributed by atoms with E-state index in [4.69, 9.17) is 18.9 Å². The minimum absolute atomic E-state index is 0.0260. The third-order valence-electron chi connectivity index (χ3n) is 3.48. The topological polar surface area (TPSA) is 86.3 Å². The van der Waals surface area contributed by atoms with E-state index in [1.807, 2.05) is 30.3 Å². The molecule has 0 bridgehead atoms. The van der Waals surface area contributed by atoms with E-state index in [1.165, 1.54) is 0 Å². The van der Waals surface area contributed by atoms with Gasteiger partial charge in [-0.3, -0.25) is 0 Å². The van der Waals surface area contributed by atoms with Gasteiger partial charge in [-0.15, -0.1) is 0 Å². The van der Waals surface area contributed by atoms with Crippen LogP contribution in [0.2, 0.25) is 0 Å². The Bertz CT molecular complexity index is 706. The molecule has 0 aliphatic carbocycles. The Morgan fingerprint density at radius 2 is 1.96 bits per heavy atom. The molecule has 2 N–H and O–H groups in total. The van der Waals surface area contributed by atoms with E-state index in [0.29, 0.717) is 17.2 Å². The normalized spacial score (nSPS) is 13.2. The van der Waals surface area contributed by atoms with Gasteiger partial charge in [-0.2, -0.15) is 0 Å². The molecule has 3 rings (SSSR count). The maximum absolute atomic E-state index is 11.6. The number of nitrogens with one attached hydrogen (secondary N) is 1. The zero-order chi connectivity index (χ0) is 17.5. The van der Waals surface area contributed by atoms with Crippen LogP contribution in [-0.4, -0.2) is 37.2 Å². The zero-order valence-corrected chi connectivity index (χ0v) is 13.5. The average Bonchev–Trinajstić information content (AvgIpc) is 3.11. The summed E-state index contributed by atoms with van der Waals surface area (Å²) in [4.78, 5) is 11.6. The third-order valence-corrected chi connectivity index (χ3v) is 3.48. The first-order chi connectivity index (χ1) is 12.2. The predicted octanol–water partition coefficient (Wildman–Crippen LogP) is 2.08. The number of aliphatic hydroxyl groups excluding tert-OH is 1. The molecule has 0 aromatic heterocycles. The minimum Gasteiger partial charge on any atom is -0.491 e. The summed E-state index contributed by atoms with van der Waals surface area (Å²) in [5.41, 5.74) is 0.893. The fraction of sp³-hybridized carbons (Fsp3) is 0.278. The van der Waals surface area contributed by atoms with Crippen LogP contribution in [-0.2, 0) is 11.3 Å². The number of benzene rings is 2. The van der Waals surface area contributed by atoms with Crippen molar-refractivity contribution in [2.45, 2.75) is 12.7 Å². The molecule has 1 aliphatic heterocycles. The SMILES string of the molecule is O=C(NCC(O)COc1ccc2c(c1)OCO2)OCc1ccccc1. The van der Waals surface area contributed by atoms with Crippen LogP contribution in [0.25, 0.3) is 0 Å². The second-order valence-electron chi connectivity index (χ2n) is 5.42. The van der Waals surface area contributed by atoms with Crippen LogP contribution in [0.5, 0.6) is 17.2 Å². The molecule has 7 nitrogen and oxygen atoms in total. The summed E-state index contributed by atoms with van der Waals surface area (Å²) >= 11 is 0. The highest BCUT2D eigenvalue weighted by Crippen LogP contribution is 2.35. The van der Waals surface area contributed by atoms with Gasteiger partial charge in [-0.05, 0) is 17.7 Å². The van der Waals surface area contributed by atoms with Crippen molar-refractivity contribution in [2.24, 2.45) is 0 Å². The van der Waals surface area contributed by atoms with Crippen molar-refractivity contribution >= 4 is 6.09 Å². The Balaban J connectivity index is 1.35. The summed E-state index contributed by atoms with van der Waals surface area (Å²) in [6, 6.07) is 14.5. The van der Waals surface area contributed by atoms with Crippen molar-refractivity contribution in [3.8, 4) is 17.2 Å². The number of rotatable bonds is 7. The summed E-state index contributed by atoms with van der Waals surface area (Å²) in [5.74, 6) is 1.82. The summed E-state index contributed by atoms with van der Waals surface area (Å²) < 4.78 is 21.0. The van der Waals surface area contributed by atoms with E-state index < -0.39 is 12.2 Å². The highest BCUT2D eigenvalue weighted by Gasteiger charge is 2.14. The van der Waals surface area contributed by atoms with Gasteiger partial charge in [0.2, 0.25) is 6.79 Å². The second-order valence-corrected chi connectivity index (χ2v) is 5.42. The summed E-state index contributed by atoms with van der Waals surface area (Å²) in [6.45, 7) is 0.420. The van der Waals surface area contributed by atoms with Gasteiger partial charge in [0.25, 0.3) is 0 Å². The van der Waals surface area contributed by atoms with Gasteiger partial charge in [0.15, 0.2) is 11.5 Å². The lowest BCUT2D eigenvalue weighted by atomic mass is 10.2. The number of alkyl carbamates (subject to hydrolysis) is 1. The molecule has 132 valence electrons. The van der Waals surface area contributed by atoms with Crippen molar-refractivity contribution < 1.29 is 28.8 Å². The summed E-state index contributed by atoms with van der Waals surface area (Å²) in [6.07, 6.45) is -1.46. The zero-order valence-electron chi connectivity index (χ0n) is 13.5. The van der Waals surface area contributed by atoms with Crippen molar-refractivity contribution in [1.82, 2.24) is 5.32 Å². The van der Waals surface area contributed by atoms with E-state index in [1.54, 1.807) is 18.2 Å². The van der Waals surface area contributed by atoms with Gasteiger partial charge < -0.3 is 29.4 Å². The average molecular weight is 345 g/mol. The van der Waals surface area contributed by atoms with Crippen LogP contribution in [0.3, 0.4) is 0 Å². The number of amides is 1. The maximum atomic E-state index is 11.6. The molecule has 0 fully saturated rings. The largest absolute Gasteiger partial charge is 0.491 e.